The number of aryl methyl sites for hydroxylation is 1. The molecular weight excluding hydrogens is 238 g/mol. The van der Waals surface area contributed by atoms with E-state index < -0.39 is 0 Å². The topological polar surface area (TPSA) is 67.5 Å². The lowest BCUT2D eigenvalue weighted by Gasteiger charge is -2.00. The first-order valence-corrected chi connectivity index (χ1v) is 5.91. The number of benzene rings is 2. The average molecular weight is 253 g/mol. The number of carbonyl (C=O) groups is 1. The summed E-state index contributed by atoms with van der Waals surface area (Å²) in [6.07, 6.45) is 1.61. The molecule has 0 aliphatic rings. The minimum atomic E-state index is -0.261. The van der Waals surface area contributed by atoms with Crippen molar-refractivity contribution in [2.75, 3.05) is 5.73 Å². The van der Waals surface area contributed by atoms with Gasteiger partial charge < -0.3 is 5.73 Å². The average Bonchev–Trinajstić information content (AvgIpc) is 2.41. The van der Waals surface area contributed by atoms with Gasteiger partial charge in [-0.25, -0.2) is 5.43 Å². The standard InChI is InChI=1S/C15H15N3O/c1-11-2-4-12(5-3-11)10-17-18-15(19)13-6-8-14(16)9-7-13/h2-10H,16H2,1H3,(H,18,19)/b17-10+. The summed E-state index contributed by atoms with van der Waals surface area (Å²) in [5.41, 5.74) is 11.3. The van der Waals surface area contributed by atoms with Crippen LogP contribution < -0.4 is 11.2 Å². The fraction of sp³-hybridized carbons (Fsp3) is 0.0667. The Morgan fingerprint density at radius 2 is 1.74 bits per heavy atom. The van der Waals surface area contributed by atoms with Crippen LogP contribution in [0.1, 0.15) is 21.5 Å². The highest BCUT2D eigenvalue weighted by molar-refractivity contribution is 5.95. The van der Waals surface area contributed by atoms with Gasteiger partial charge in [0, 0.05) is 11.3 Å². The molecule has 2 aromatic carbocycles. The lowest BCUT2D eigenvalue weighted by atomic mass is 10.2. The summed E-state index contributed by atoms with van der Waals surface area (Å²) in [6.45, 7) is 2.02. The van der Waals surface area contributed by atoms with Crippen LogP contribution in [0.4, 0.5) is 5.69 Å². The molecule has 96 valence electrons. The zero-order chi connectivity index (χ0) is 13.7. The Balaban J connectivity index is 1.96. The maximum atomic E-state index is 11.7. The second-order valence-corrected chi connectivity index (χ2v) is 4.23. The summed E-state index contributed by atoms with van der Waals surface area (Å²) < 4.78 is 0. The minimum Gasteiger partial charge on any atom is -0.399 e. The van der Waals surface area contributed by atoms with E-state index in [-0.39, 0.29) is 5.91 Å². The van der Waals surface area contributed by atoms with Crippen molar-refractivity contribution in [2.45, 2.75) is 6.92 Å². The fourth-order valence-electron chi connectivity index (χ4n) is 1.52. The first-order chi connectivity index (χ1) is 9.15. The highest BCUT2D eigenvalue weighted by atomic mass is 16.2. The van der Waals surface area contributed by atoms with Crippen LogP contribution in [0.2, 0.25) is 0 Å². The molecule has 3 N–H and O–H groups in total. The Bertz CT molecular complexity index is 586. The van der Waals surface area contributed by atoms with Gasteiger partial charge in [0.1, 0.15) is 0 Å². The van der Waals surface area contributed by atoms with Crippen molar-refractivity contribution in [3.05, 3.63) is 65.2 Å². The molecule has 0 fully saturated rings. The Morgan fingerprint density at radius 3 is 2.37 bits per heavy atom. The van der Waals surface area contributed by atoms with E-state index in [1.807, 2.05) is 31.2 Å². The van der Waals surface area contributed by atoms with Gasteiger partial charge in [-0.05, 0) is 36.8 Å². The molecule has 19 heavy (non-hydrogen) atoms. The monoisotopic (exact) mass is 253 g/mol. The van der Waals surface area contributed by atoms with Gasteiger partial charge in [0.05, 0.1) is 6.21 Å². The zero-order valence-corrected chi connectivity index (χ0v) is 10.6. The lowest BCUT2D eigenvalue weighted by Crippen LogP contribution is -2.17. The van der Waals surface area contributed by atoms with E-state index >= 15 is 0 Å². The van der Waals surface area contributed by atoms with Gasteiger partial charge >= 0.3 is 0 Å². The number of hydrogen-bond donors (Lipinski definition) is 2. The third-order valence-corrected chi connectivity index (χ3v) is 2.63. The minimum absolute atomic E-state index is 0.261. The largest absolute Gasteiger partial charge is 0.399 e. The molecule has 0 spiro atoms. The molecule has 0 aromatic heterocycles. The molecular formula is C15H15N3O. The Hall–Kier alpha value is -2.62. The normalized spacial score (nSPS) is 10.6. The second-order valence-electron chi connectivity index (χ2n) is 4.23. The summed E-state index contributed by atoms with van der Waals surface area (Å²) in [5, 5.41) is 3.91. The van der Waals surface area contributed by atoms with Crippen molar-refractivity contribution >= 4 is 17.8 Å². The molecule has 0 aliphatic heterocycles. The zero-order valence-electron chi connectivity index (χ0n) is 10.6. The third kappa shape index (κ3) is 3.67. The maximum Gasteiger partial charge on any atom is 0.271 e. The van der Waals surface area contributed by atoms with E-state index in [1.54, 1.807) is 30.5 Å². The van der Waals surface area contributed by atoms with Crippen LogP contribution in [0.5, 0.6) is 0 Å². The Labute approximate surface area is 112 Å². The molecule has 0 radical (unpaired) electrons. The summed E-state index contributed by atoms with van der Waals surface area (Å²) in [7, 11) is 0. The number of hydrazone groups is 1. The number of nitrogen functional groups attached to an aromatic ring is 1. The van der Waals surface area contributed by atoms with Crippen molar-refractivity contribution in [2.24, 2.45) is 5.10 Å². The summed E-state index contributed by atoms with van der Waals surface area (Å²) in [6, 6.07) is 14.5. The quantitative estimate of drug-likeness (QED) is 0.501. The van der Waals surface area contributed by atoms with Gasteiger partial charge in [-0.3, -0.25) is 4.79 Å². The van der Waals surface area contributed by atoms with E-state index in [0.717, 1.165) is 5.56 Å². The fourth-order valence-corrected chi connectivity index (χ4v) is 1.52. The molecule has 4 heteroatoms. The number of hydrogen-bond acceptors (Lipinski definition) is 3. The van der Waals surface area contributed by atoms with E-state index in [0.29, 0.717) is 11.3 Å². The smallest absolute Gasteiger partial charge is 0.271 e. The van der Waals surface area contributed by atoms with E-state index in [1.165, 1.54) is 5.56 Å². The van der Waals surface area contributed by atoms with Gasteiger partial charge in [0.15, 0.2) is 0 Å². The van der Waals surface area contributed by atoms with Crippen LogP contribution in [-0.4, -0.2) is 12.1 Å². The van der Waals surface area contributed by atoms with E-state index in [9.17, 15) is 4.79 Å². The van der Waals surface area contributed by atoms with Crippen LogP contribution in [0, 0.1) is 6.92 Å². The van der Waals surface area contributed by atoms with Crippen LogP contribution in [0.25, 0.3) is 0 Å². The van der Waals surface area contributed by atoms with Crippen LogP contribution in [-0.2, 0) is 0 Å². The molecule has 0 saturated heterocycles. The van der Waals surface area contributed by atoms with Crippen molar-refractivity contribution in [3.63, 3.8) is 0 Å². The molecule has 0 atom stereocenters. The summed E-state index contributed by atoms with van der Waals surface area (Å²) in [4.78, 5) is 11.7. The molecule has 0 heterocycles. The van der Waals surface area contributed by atoms with E-state index in [4.69, 9.17) is 5.73 Å². The Kier molecular flexibility index (Phi) is 3.93. The third-order valence-electron chi connectivity index (χ3n) is 2.63. The second kappa shape index (κ2) is 5.82. The predicted molar refractivity (Wildman–Crippen MR) is 77.1 cm³/mol. The highest BCUT2D eigenvalue weighted by Crippen LogP contribution is 2.05. The Morgan fingerprint density at radius 1 is 1.11 bits per heavy atom. The van der Waals surface area contributed by atoms with Gasteiger partial charge in [0.2, 0.25) is 0 Å². The summed E-state index contributed by atoms with van der Waals surface area (Å²) >= 11 is 0. The number of nitrogens with one attached hydrogen (secondary N) is 1. The number of rotatable bonds is 3. The number of anilines is 1. The molecule has 2 aromatic rings. The number of amides is 1. The van der Waals surface area contributed by atoms with Gasteiger partial charge in [0.25, 0.3) is 5.91 Å². The number of carbonyl (C=O) groups excluding carboxylic acids is 1. The van der Waals surface area contributed by atoms with Crippen LogP contribution in [0.15, 0.2) is 53.6 Å². The van der Waals surface area contributed by atoms with Crippen molar-refractivity contribution in [3.8, 4) is 0 Å². The highest BCUT2D eigenvalue weighted by Gasteiger charge is 2.02. The van der Waals surface area contributed by atoms with Gasteiger partial charge in [-0.2, -0.15) is 5.10 Å². The molecule has 1 amide bonds. The van der Waals surface area contributed by atoms with Crippen molar-refractivity contribution in [1.82, 2.24) is 5.43 Å². The van der Waals surface area contributed by atoms with Crippen molar-refractivity contribution < 1.29 is 4.79 Å². The number of nitrogens with zero attached hydrogens (tertiary/aromatic N) is 1. The molecule has 4 nitrogen and oxygen atoms in total. The van der Waals surface area contributed by atoms with Crippen molar-refractivity contribution in [1.29, 1.82) is 0 Å². The molecule has 2 rings (SSSR count). The maximum absolute atomic E-state index is 11.7. The molecule has 0 aliphatic carbocycles. The van der Waals surface area contributed by atoms with Gasteiger partial charge in [-0.15, -0.1) is 0 Å². The molecule has 0 bridgehead atoms. The van der Waals surface area contributed by atoms with E-state index in [2.05, 4.69) is 10.5 Å². The lowest BCUT2D eigenvalue weighted by molar-refractivity contribution is 0.0955. The molecule has 0 saturated carbocycles. The SMILES string of the molecule is Cc1ccc(/C=N/NC(=O)c2ccc(N)cc2)cc1. The predicted octanol–water partition coefficient (Wildman–Crippen LogP) is 2.34. The first kappa shape index (κ1) is 12.8. The van der Waals surface area contributed by atoms with Crippen LogP contribution >= 0.6 is 0 Å². The first-order valence-electron chi connectivity index (χ1n) is 5.91. The molecule has 0 unspecified atom stereocenters. The van der Waals surface area contributed by atoms with Crippen LogP contribution in [0.3, 0.4) is 0 Å². The summed E-state index contributed by atoms with van der Waals surface area (Å²) in [5.74, 6) is -0.261. The number of nitrogens with two attached hydrogens (primary N) is 1. The van der Waals surface area contributed by atoms with Gasteiger partial charge in [-0.1, -0.05) is 29.8 Å².